The van der Waals surface area contributed by atoms with Gasteiger partial charge in [0.25, 0.3) is 0 Å². The Morgan fingerprint density at radius 3 is 2.04 bits per heavy atom. The highest BCUT2D eigenvalue weighted by molar-refractivity contribution is 6.74. The summed E-state index contributed by atoms with van der Waals surface area (Å²) in [5, 5.41) is 0.181. The van der Waals surface area contributed by atoms with Crippen molar-refractivity contribution in [2.24, 2.45) is 0 Å². The third-order valence-corrected chi connectivity index (χ3v) is 10.6. The van der Waals surface area contributed by atoms with Gasteiger partial charge in [0.05, 0.1) is 11.2 Å². The van der Waals surface area contributed by atoms with E-state index in [-0.39, 0.29) is 29.2 Å². The van der Waals surface area contributed by atoms with Crippen LogP contribution in [0.15, 0.2) is 24.3 Å². The van der Waals surface area contributed by atoms with Crippen LogP contribution in [0.3, 0.4) is 0 Å². The Morgan fingerprint density at radius 2 is 1.56 bits per heavy atom. The van der Waals surface area contributed by atoms with Crippen LogP contribution in [0.4, 0.5) is 0 Å². The molecule has 0 N–H and O–H groups in total. The molecule has 1 fully saturated rings. The third-order valence-electron chi connectivity index (χ3n) is 6.24. The van der Waals surface area contributed by atoms with Gasteiger partial charge in [0.2, 0.25) is 8.32 Å². The molecule has 0 radical (unpaired) electrons. The van der Waals surface area contributed by atoms with Crippen LogP contribution in [0.2, 0.25) is 18.1 Å². The molecule has 0 unspecified atom stereocenters. The maximum Gasteiger partial charge on any atom is 0.465 e. The molecule has 1 heterocycles. The van der Waals surface area contributed by atoms with E-state index in [1.165, 1.54) is 5.56 Å². The standard InChI is InChI=1S/C20H35BO3Si/c1-15(21-23-19(5,6)20(7,8)24-21)16-12-11-13-17(14-16)22-25(9,10)18(2,3)4/h11-15H,1-10H3/t15-/m1/s1. The van der Waals surface area contributed by atoms with Gasteiger partial charge in [0, 0.05) is 5.82 Å². The molecule has 1 saturated heterocycles. The number of rotatable bonds is 4. The van der Waals surface area contributed by atoms with Crippen molar-refractivity contribution in [1.29, 1.82) is 0 Å². The minimum Gasteiger partial charge on any atom is -0.543 e. The van der Waals surface area contributed by atoms with Crippen molar-refractivity contribution in [3.63, 3.8) is 0 Å². The Kier molecular flexibility index (Phi) is 5.28. The van der Waals surface area contributed by atoms with Crippen molar-refractivity contribution in [1.82, 2.24) is 0 Å². The zero-order chi connectivity index (χ0) is 19.3. The molecule has 0 aromatic heterocycles. The van der Waals surface area contributed by atoms with Crippen molar-refractivity contribution in [3.8, 4) is 5.75 Å². The zero-order valence-electron chi connectivity index (χ0n) is 17.7. The molecule has 0 amide bonds. The van der Waals surface area contributed by atoms with Crippen LogP contribution in [-0.2, 0) is 9.31 Å². The summed E-state index contributed by atoms with van der Waals surface area (Å²) in [6.45, 7) is 21.9. The van der Waals surface area contributed by atoms with Crippen LogP contribution in [0.5, 0.6) is 5.75 Å². The van der Waals surface area contributed by atoms with E-state index in [0.717, 1.165) is 5.75 Å². The highest BCUT2D eigenvalue weighted by atomic mass is 28.4. The lowest BCUT2D eigenvalue weighted by Gasteiger charge is -2.36. The van der Waals surface area contributed by atoms with Crippen LogP contribution < -0.4 is 4.43 Å². The first-order valence-corrected chi connectivity index (χ1v) is 12.2. The van der Waals surface area contributed by atoms with E-state index in [1.807, 2.05) is 0 Å². The summed E-state index contributed by atoms with van der Waals surface area (Å²) in [6.07, 6.45) is 0. The molecular weight excluding hydrogens is 327 g/mol. The summed E-state index contributed by atoms with van der Waals surface area (Å²) in [5.41, 5.74) is 0.581. The van der Waals surface area contributed by atoms with E-state index in [1.54, 1.807) is 0 Å². The van der Waals surface area contributed by atoms with Crippen molar-refractivity contribution in [3.05, 3.63) is 29.8 Å². The normalized spacial score (nSPS) is 21.3. The smallest absolute Gasteiger partial charge is 0.465 e. The minimum absolute atomic E-state index is 0.143. The molecule has 1 aliphatic rings. The monoisotopic (exact) mass is 362 g/mol. The molecule has 0 aliphatic carbocycles. The Labute approximate surface area is 155 Å². The largest absolute Gasteiger partial charge is 0.543 e. The maximum absolute atomic E-state index is 6.46. The lowest BCUT2D eigenvalue weighted by molar-refractivity contribution is 0.00578. The number of benzene rings is 1. The SMILES string of the molecule is C[C@@H](B1OC(C)(C)C(C)(C)O1)c1cccc(O[Si](C)(C)C(C)(C)C)c1. The minimum atomic E-state index is -1.84. The first-order valence-electron chi connectivity index (χ1n) is 9.31. The van der Waals surface area contributed by atoms with E-state index in [2.05, 4.69) is 92.7 Å². The predicted molar refractivity (Wildman–Crippen MR) is 109 cm³/mol. The van der Waals surface area contributed by atoms with Crippen molar-refractivity contribution >= 4 is 15.4 Å². The average Bonchev–Trinajstić information content (AvgIpc) is 2.65. The Balaban J connectivity index is 2.19. The summed E-state index contributed by atoms with van der Waals surface area (Å²) in [7, 11) is -2.09. The first-order chi connectivity index (χ1) is 11.2. The summed E-state index contributed by atoms with van der Waals surface area (Å²) < 4.78 is 18.9. The van der Waals surface area contributed by atoms with E-state index in [0.29, 0.717) is 0 Å². The Hall–Kier alpha value is -0.778. The summed E-state index contributed by atoms with van der Waals surface area (Å²) >= 11 is 0. The third kappa shape index (κ3) is 4.15. The Morgan fingerprint density at radius 1 is 1.04 bits per heavy atom. The van der Waals surface area contributed by atoms with Gasteiger partial charge in [0.15, 0.2) is 0 Å². The lowest BCUT2D eigenvalue weighted by Crippen LogP contribution is -2.43. The van der Waals surface area contributed by atoms with Crippen LogP contribution in [0, 0.1) is 0 Å². The molecule has 3 nitrogen and oxygen atoms in total. The van der Waals surface area contributed by atoms with Crippen molar-refractivity contribution in [2.75, 3.05) is 0 Å². The van der Waals surface area contributed by atoms with E-state index in [4.69, 9.17) is 13.7 Å². The van der Waals surface area contributed by atoms with Crippen molar-refractivity contribution < 1.29 is 13.7 Å². The van der Waals surface area contributed by atoms with Gasteiger partial charge in [-0.1, -0.05) is 39.8 Å². The highest BCUT2D eigenvalue weighted by Gasteiger charge is 2.53. The van der Waals surface area contributed by atoms with Gasteiger partial charge >= 0.3 is 7.12 Å². The predicted octanol–water partition coefficient (Wildman–Crippen LogP) is 5.81. The molecule has 25 heavy (non-hydrogen) atoms. The fraction of sp³-hybridized carbons (Fsp3) is 0.700. The van der Waals surface area contributed by atoms with Gasteiger partial charge in [-0.25, -0.2) is 0 Å². The van der Waals surface area contributed by atoms with Gasteiger partial charge in [-0.05, 0) is 63.5 Å². The quantitative estimate of drug-likeness (QED) is 0.633. The summed E-state index contributed by atoms with van der Waals surface area (Å²) in [6, 6.07) is 8.41. The molecule has 1 atom stereocenters. The molecule has 5 heteroatoms. The van der Waals surface area contributed by atoms with E-state index < -0.39 is 8.32 Å². The van der Waals surface area contributed by atoms with Gasteiger partial charge in [-0.3, -0.25) is 0 Å². The molecule has 1 aromatic carbocycles. The highest BCUT2D eigenvalue weighted by Crippen LogP contribution is 2.41. The van der Waals surface area contributed by atoms with Gasteiger partial charge in [-0.2, -0.15) is 0 Å². The number of hydrogen-bond acceptors (Lipinski definition) is 3. The van der Waals surface area contributed by atoms with Crippen LogP contribution in [0.1, 0.15) is 66.8 Å². The molecule has 0 bridgehead atoms. The molecular formula is C20H35BO3Si. The first kappa shape index (κ1) is 20.5. The van der Waals surface area contributed by atoms with Crippen LogP contribution in [-0.4, -0.2) is 26.6 Å². The molecule has 140 valence electrons. The van der Waals surface area contributed by atoms with E-state index >= 15 is 0 Å². The van der Waals surface area contributed by atoms with Gasteiger partial charge < -0.3 is 13.7 Å². The lowest BCUT2D eigenvalue weighted by atomic mass is 9.69. The van der Waals surface area contributed by atoms with Crippen LogP contribution >= 0.6 is 0 Å². The second kappa shape index (κ2) is 6.43. The maximum atomic E-state index is 6.46. The average molecular weight is 362 g/mol. The fourth-order valence-corrected chi connectivity index (χ4v) is 3.58. The number of hydrogen-bond donors (Lipinski definition) is 0. The zero-order valence-corrected chi connectivity index (χ0v) is 18.7. The summed E-state index contributed by atoms with van der Waals surface area (Å²) in [4.78, 5) is 0. The molecule has 1 aliphatic heterocycles. The van der Waals surface area contributed by atoms with E-state index in [9.17, 15) is 0 Å². The molecule has 0 spiro atoms. The van der Waals surface area contributed by atoms with Gasteiger partial charge in [0.1, 0.15) is 5.75 Å². The molecule has 1 aromatic rings. The second-order valence-corrected chi connectivity index (χ2v) is 14.6. The summed E-state index contributed by atoms with van der Waals surface area (Å²) in [5.74, 6) is 1.09. The van der Waals surface area contributed by atoms with Gasteiger partial charge in [-0.15, -0.1) is 0 Å². The second-order valence-electron chi connectivity index (χ2n) is 9.85. The van der Waals surface area contributed by atoms with Crippen molar-refractivity contribution in [2.45, 2.75) is 90.5 Å². The molecule has 0 saturated carbocycles. The van der Waals surface area contributed by atoms with Crippen LogP contribution in [0.25, 0.3) is 0 Å². The fourth-order valence-electron chi connectivity index (χ4n) is 2.56. The Bertz CT molecular complexity index is 604. The molecule has 2 rings (SSSR count). The topological polar surface area (TPSA) is 27.7 Å².